The smallest absolute Gasteiger partial charge is 0.226 e. The Balaban J connectivity index is 2.03. The van der Waals surface area contributed by atoms with Crippen molar-refractivity contribution in [3.05, 3.63) is 11.8 Å². The molecular formula is C16H28N4O. The Morgan fingerprint density at radius 3 is 2.62 bits per heavy atom. The summed E-state index contributed by atoms with van der Waals surface area (Å²) in [5.74, 6) is 1.27. The Hall–Kier alpha value is -1.36. The van der Waals surface area contributed by atoms with E-state index in [4.69, 9.17) is 10.5 Å². The van der Waals surface area contributed by atoms with E-state index in [1.807, 2.05) is 26.8 Å². The summed E-state index contributed by atoms with van der Waals surface area (Å²) >= 11 is 0. The predicted molar refractivity (Wildman–Crippen MR) is 85.6 cm³/mol. The van der Waals surface area contributed by atoms with Gasteiger partial charge >= 0.3 is 0 Å². The molecule has 0 bridgehead atoms. The highest BCUT2D eigenvalue weighted by Crippen LogP contribution is 2.35. The van der Waals surface area contributed by atoms with Crippen molar-refractivity contribution >= 4 is 5.95 Å². The molecular weight excluding hydrogens is 264 g/mol. The van der Waals surface area contributed by atoms with Crippen LogP contribution in [0.5, 0.6) is 5.88 Å². The van der Waals surface area contributed by atoms with Crippen LogP contribution in [0.25, 0.3) is 0 Å². The summed E-state index contributed by atoms with van der Waals surface area (Å²) in [6.45, 7) is 7.51. The lowest BCUT2D eigenvalue weighted by molar-refractivity contribution is 0.214. The quantitative estimate of drug-likeness (QED) is 0.843. The lowest BCUT2D eigenvalue weighted by Crippen LogP contribution is -2.39. The van der Waals surface area contributed by atoms with Crippen LogP contribution in [0.15, 0.2) is 6.07 Å². The van der Waals surface area contributed by atoms with Crippen LogP contribution in [-0.4, -0.2) is 29.2 Å². The van der Waals surface area contributed by atoms with Crippen LogP contribution in [0.4, 0.5) is 5.95 Å². The molecule has 1 fully saturated rings. The maximum absolute atomic E-state index is 6.02. The summed E-state index contributed by atoms with van der Waals surface area (Å²) in [7, 11) is 0. The Labute approximate surface area is 127 Å². The molecule has 0 aliphatic heterocycles. The molecule has 0 radical (unpaired) electrons. The molecule has 3 N–H and O–H groups in total. The molecule has 5 nitrogen and oxygen atoms in total. The molecule has 21 heavy (non-hydrogen) atoms. The first-order valence-corrected chi connectivity index (χ1v) is 7.99. The fourth-order valence-electron chi connectivity index (χ4n) is 2.94. The molecule has 1 aromatic rings. The third kappa shape index (κ3) is 4.56. The molecule has 1 heterocycles. The molecule has 0 saturated heterocycles. The van der Waals surface area contributed by atoms with E-state index in [-0.39, 0.29) is 11.5 Å². The number of hydrogen-bond acceptors (Lipinski definition) is 5. The number of aryl methyl sites for hydroxylation is 1. The van der Waals surface area contributed by atoms with Crippen molar-refractivity contribution in [2.75, 3.05) is 18.4 Å². The van der Waals surface area contributed by atoms with E-state index in [1.54, 1.807) is 0 Å². The highest BCUT2D eigenvalue weighted by Gasteiger charge is 2.30. The number of ether oxygens (including phenoxy) is 1. The Kier molecular flexibility index (Phi) is 5.39. The van der Waals surface area contributed by atoms with Gasteiger partial charge in [0.05, 0.1) is 6.10 Å². The summed E-state index contributed by atoms with van der Waals surface area (Å²) in [5, 5.41) is 3.38. The van der Waals surface area contributed by atoms with Gasteiger partial charge in [-0.15, -0.1) is 0 Å². The lowest BCUT2D eigenvalue weighted by Gasteiger charge is -2.36. The van der Waals surface area contributed by atoms with E-state index in [9.17, 15) is 0 Å². The first kappa shape index (κ1) is 16.0. The van der Waals surface area contributed by atoms with Crippen molar-refractivity contribution in [1.29, 1.82) is 0 Å². The van der Waals surface area contributed by atoms with Crippen LogP contribution in [0, 0.1) is 12.3 Å². The van der Waals surface area contributed by atoms with Gasteiger partial charge in [0.25, 0.3) is 0 Å². The number of aromatic nitrogens is 2. The van der Waals surface area contributed by atoms with Gasteiger partial charge in [0.1, 0.15) is 0 Å². The van der Waals surface area contributed by atoms with Gasteiger partial charge in [-0.25, -0.2) is 4.98 Å². The zero-order valence-corrected chi connectivity index (χ0v) is 13.5. The zero-order valence-electron chi connectivity index (χ0n) is 13.5. The van der Waals surface area contributed by atoms with Gasteiger partial charge in [-0.1, -0.05) is 19.3 Å². The van der Waals surface area contributed by atoms with E-state index in [0.717, 1.165) is 18.8 Å². The minimum Gasteiger partial charge on any atom is -0.475 e. The lowest BCUT2D eigenvalue weighted by atomic mass is 9.74. The van der Waals surface area contributed by atoms with E-state index in [2.05, 4.69) is 15.3 Å². The molecule has 5 heteroatoms. The minimum atomic E-state index is 0.112. The first-order chi connectivity index (χ1) is 10.0. The molecule has 118 valence electrons. The third-order valence-corrected chi connectivity index (χ3v) is 4.16. The molecule has 2 rings (SSSR count). The molecule has 1 aliphatic carbocycles. The topological polar surface area (TPSA) is 73.1 Å². The Morgan fingerprint density at radius 2 is 2.00 bits per heavy atom. The number of anilines is 1. The van der Waals surface area contributed by atoms with Crippen molar-refractivity contribution in [1.82, 2.24) is 9.97 Å². The van der Waals surface area contributed by atoms with Crippen LogP contribution < -0.4 is 15.8 Å². The fourth-order valence-corrected chi connectivity index (χ4v) is 2.94. The molecule has 0 aromatic carbocycles. The SMILES string of the molecule is Cc1cc(OC(C)C)nc(NCC2(CN)CCCCC2)n1. The number of nitrogens with one attached hydrogen (secondary N) is 1. The van der Waals surface area contributed by atoms with Gasteiger partial charge in [0.15, 0.2) is 0 Å². The largest absolute Gasteiger partial charge is 0.475 e. The Morgan fingerprint density at radius 1 is 1.29 bits per heavy atom. The van der Waals surface area contributed by atoms with Gasteiger partial charge in [-0.2, -0.15) is 4.98 Å². The zero-order chi connectivity index (χ0) is 15.3. The second-order valence-electron chi connectivity index (χ2n) is 6.46. The summed E-state index contributed by atoms with van der Waals surface area (Å²) in [4.78, 5) is 8.89. The molecule has 0 unspecified atom stereocenters. The number of nitrogens with zero attached hydrogens (tertiary/aromatic N) is 2. The standard InChI is InChI=1S/C16H28N4O/c1-12(2)21-14-9-13(3)19-15(20-14)18-11-16(10-17)7-5-4-6-8-16/h9,12H,4-8,10-11,17H2,1-3H3,(H,18,19,20). The summed E-state index contributed by atoms with van der Waals surface area (Å²) in [6.07, 6.45) is 6.37. The normalized spacial score (nSPS) is 17.8. The van der Waals surface area contributed by atoms with Crippen LogP contribution in [0.3, 0.4) is 0 Å². The van der Waals surface area contributed by atoms with Crippen LogP contribution >= 0.6 is 0 Å². The van der Waals surface area contributed by atoms with Gasteiger partial charge in [-0.05, 0) is 45.6 Å². The van der Waals surface area contributed by atoms with Crippen LogP contribution in [-0.2, 0) is 0 Å². The van der Waals surface area contributed by atoms with Crippen LogP contribution in [0.1, 0.15) is 51.6 Å². The van der Waals surface area contributed by atoms with Gasteiger partial charge in [0.2, 0.25) is 11.8 Å². The summed E-state index contributed by atoms with van der Waals surface area (Å²) in [6, 6.07) is 1.87. The second-order valence-corrected chi connectivity index (χ2v) is 6.46. The number of nitrogens with two attached hydrogens (primary N) is 1. The molecule has 0 spiro atoms. The average Bonchev–Trinajstić information content (AvgIpc) is 2.45. The molecule has 1 aromatic heterocycles. The second kappa shape index (κ2) is 7.07. The van der Waals surface area contributed by atoms with Crippen LogP contribution in [0.2, 0.25) is 0 Å². The fraction of sp³-hybridized carbons (Fsp3) is 0.750. The third-order valence-electron chi connectivity index (χ3n) is 4.16. The molecule has 1 aliphatic rings. The number of rotatable bonds is 6. The molecule has 0 atom stereocenters. The number of hydrogen-bond donors (Lipinski definition) is 2. The van der Waals surface area contributed by atoms with E-state index >= 15 is 0 Å². The maximum atomic E-state index is 6.02. The highest BCUT2D eigenvalue weighted by molar-refractivity contribution is 5.31. The molecule has 1 saturated carbocycles. The van der Waals surface area contributed by atoms with Crippen molar-refractivity contribution in [2.45, 2.75) is 59.0 Å². The average molecular weight is 292 g/mol. The first-order valence-electron chi connectivity index (χ1n) is 7.99. The van der Waals surface area contributed by atoms with Gasteiger partial charge in [-0.3, -0.25) is 0 Å². The van der Waals surface area contributed by atoms with E-state index < -0.39 is 0 Å². The van der Waals surface area contributed by atoms with Crippen molar-refractivity contribution in [2.24, 2.45) is 11.1 Å². The predicted octanol–water partition coefficient (Wildman–Crippen LogP) is 2.89. The minimum absolute atomic E-state index is 0.112. The summed E-state index contributed by atoms with van der Waals surface area (Å²) in [5.41, 5.74) is 7.13. The van der Waals surface area contributed by atoms with Gasteiger partial charge in [0, 0.05) is 18.3 Å². The maximum Gasteiger partial charge on any atom is 0.226 e. The van der Waals surface area contributed by atoms with Gasteiger partial charge < -0.3 is 15.8 Å². The molecule has 0 amide bonds. The van der Waals surface area contributed by atoms with E-state index in [1.165, 1.54) is 32.1 Å². The summed E-state index contributed by atoms with van der Waals surface area (Å²) < 4.78 is 5.66. The van der Waals surface area contributed by atoms with Crippen molar-refractivity contribution < 1.29 is 4.74 Å². The van der Waals surface area contributed by atoms with Crippen molar-refractivity contribution in [3.63, 3.8) is 0 Å². The highest BCUT2D eigenvalue weighted by atomic mass is 16.5. The Bertz CT molecular complexity index is 456. The monoisotopic (exact) mass is 292 g/mol. The van der Waals surface area contributed by atoms with E-state index in [0.29, 0.717) is 11.8 Å². The van der Waals surface area contributed by atoms with Crippen molar-refractivity contribution in [3.8, 4) is 5.88 Å².